The first-order valence-electron chi connectivity index (χ1n) is 27.6. The van der Waals surface area contributed by atoms with Crippen LogP contribution in [0.1, 0.15) is 184 Å². The summed E-state index contributed by atoms with van der Waals surface area (Å²) in [5, 5.41) is 9.03. The van der Waals surface area contributed by atoms with E-state index in [4.69, 9.17) is 28.8 Å². The second kappa shape index (κ2) is 38.5. The minimum atomic E-state index is -0.525. The number of unbranched alkanes of at least 4 members (excludes halogenated alkanes) is 6. The summed E-state index contributed by atoms with van der Waals surface area (Å²) in [7, 11) is 0. The third-order valence-electron chi connectivity index (χ3n) is 10.6. The van der Waals surface area contributed by atoms with Gasteiger partial charge in [-0.3, -0.25) is 0 Å². The average molecular weight is 1160 g/mol. The van der Waals surface area contributed by atoms with Gasteiger partial charge in [0.1, 0.15) is 34.1 Å². The number of hydrogen-bond acceptors (Lipinski definition) is 11. The number of phenols is 1. The number of aryl methyl sites for hydroxylation is 3. The summed E-state index contributed by atoms with van der Waals surface area (Å²) in [5.74, 6) is -0.420. The maximum Gasteiger partial charge on any atom is 0.343 e. The van der Waals surface area contributed by atoms with Crippen molar-refractivity contribution >= 4 is 51.9 Å². The van der Waals surface area contributed by atoms with E-state index in [1.165, 1.54) is 80.6 Å². The Labute approximate surface area is 487 Å². The summed E-state index contributed by atoms with van der Waals surface area (Å²) < 4.78 is 26.6. The van der Waals surface area contributed by atoms with Crippen LogP contribution in [-0.2, 0) is 47.9 Å². The third kappa shape index (κ3) is 36.2. The van der Waals surface area contributed by atoms with E-state index in [9.17, 15) is 24.0 Å². The first-order chi connectivity index (χ1) is 37.7. The maximum atomic E-state index is 12.3. The zero-order chi connectivity index (χ0) is 60.2. The van der Waals surface area contributed by atoms with Crippen molar-refractivity contribution in [2.24, 2.45) is 0 Å². The van der Waals surface area contributed by atoms with Gasteiger partial charge in [-0.1, -0.05) is 137 Å². The Morgan fingerprint density at radius 2 is 0.762 bits per heavy atom. The van der Waals surface area contributed by atoms with Crippen LogP contribution in [0, 0.1) is 0 Å². The molecule has 5 aromatic rings. The summed E-state index contributed by atoms with van der Waals surface area (Å²) in [6, 6.07) is 36.9. The molecule has 0 atom stereocenters. The van der Waals surface area contributed by atoms with Gasteiger partial charge in [0.25, 0.3) is 0 Å². The first kappa shape index (κ1) is 71.0. The lowest BCUT2D eigenvalue weighted by atomic mass is 10.1. The van der Waals surface area contributed by atoms with Gasteiger partial charge in [0.2, 0.25) is 0 Å². The van der Waals surface area contributed by atoms with Gasteiger partial charge < -0.3 is 28.8 Å². The largest absolute Gasteiger partial charge is 0.508 e. The summed E-state index contributed by atoms with van der Waals surface area (Å²) in [6.07, 6.45) is 19.7. The van der Waals surface area contributed by atoms with E-state index >= 15 is 0 Å². The fourth-order valence-corrected chi connectivity index (χ4v) is 6.95. The molecule has 5 rings (SSSR count). The predicted molar refractivity (Wildman–Crippen MR) is 328 cm³/mol. The normalized spacial score (nSPS) is 10.8. The number of halogens is 1. The summed E-state index contributed by atoms with van der Waals surface area (Å²) in [4.78, 5) is 57.0. The van der Waals surface area contributed by atoms with Crippen LogP contribution in [0.3, 0.4) is 0 Å². The van der Waals surface area contributed by atoms with Crippen molar-refractivity contribution in [2.75, 3.05) is 0 Å². The molecular weight excluding hydrogens is 1070 g/mol. The van der Waals surface area contributed by atoms with Crippen LogP contribution < -0.4 is 9.47 Å². The second-order valence-corrected chi connectivity index (χ2v) is 22.5. The van der Waals surface area contributed by atoms with Crippen molar-refractivity contribution in [3.05, 3.63) is 191 Å². The number of carbonyl (C=O) groups excluding carboxylic acids is 5. The van der Waals surface area contributed by atoms with E-state index in [0.717, 1.165) is 41.5 Å². The Bertz CT molecular complexity index is 2580. The van der Waals surface area contributed by atoms with Gasteiger partial charge in [-0.25, -0.2) is 24.0 Å². The van der Waals surface area contributed by atoms with Crippen molar-refractivity contribution in [3.8, 4) is 17.2 Å². The van der Waals surface area contributed by atoms with Gasteiger partial charge in [0.15, 0.2) is 0 Å². The van der Waals surface area contributed by atoms with Gasteiger partial charge >= 0.3 is 29.8 Å². The van der Waals surface area contributed by atoms with Crippen molar-refractivity contribution in [2.45, 2.75) is 177 Å². The van der Waals surface area contributed by atoms with Crippen LogP contribution in [0.25, 0.3) is 6.08 Å². The van der Waals surface area contributed by atoms with E-state index < -0.39 is 28.7 Å². The zero-order valence-corrected chi connectivity index (χ0v) is 51.2. The Hall–Kier alpha value is -7.05. The van der Waals surface area contributed by atoms with E-state index in [0.29, 0.717) is 28.4 Å². The molecule has 0 bridgehead atoms. The minimum absolute atomic E-state index is 0.332. The van der Waals surface area contributed by atoms with Crippen LogP contribution in [0.2, 0.25) is 0 Å². The average Bonchev–Trinajstić information content (AvgIpc) is 3.39. The molecule has 1 N–H and O–H groups in total. The van der Waals surface area contributed by atoms with Crippen LogP contribution >= 0.6 is 15.9 Å². The van der Waals surface area contributed by atoms with Crippen molar-refractivity contribution in [3.63, 3.8) is 0 Å². The molecule has 5 aromatic carbocycles. The van der Waals surface area contributed by atoms with Crippen LogP contribution in [-0.4, -0.2) is 51.8 Å². The number of ether oxygens (including phenoxy) is 5. The monoisotopic (exact) mass is 1160 g/mol. The number of esters is 5. The number of aromatic hydroxyl groups is 1. The molecule has 0 spiro atoms. The first-order valence-corrected chi connectivity index (χ1v) is 28.4. The number of carbonyl (C=O) groups is 5. The van der Waals surface area contributed by atoms with Crippen LogP contribution in [0.5, 0.6) is 17.2 Å². The highest BCUT2D eigenvalue weighted by Crippen LogP contribution is 2.20. The highest BCUT2D eigenvalue weighted by Gasteiger charge is 2.16. The molecule has 0 aliphatic rings. The molecule has 0 radical (unpaired) electrons. The van der Waals surface area contributed by atoms with Crippen molar-refractivity contribution in [1.29, 1.82) is 0 Å². The molecule has 0 unspecified atom stereocenters. The summed E-state index contributed by atoms with van der Waals surface area (Å²) in [5.41, 5.74) is 4.33. The smallest absolute Gasteiger partial charge is 0.343 e. The Morgan fingerprint density at radius 1 is 0.450 bits per heavy atom. The molecule has 0 aliphatic carbocycles. The van der Waals surface area contributed by atoms with Crippen LogP contribution in [0.15, 0.2) is 157 Å². The molecule has 12 heteroatoms. The number of phenolic OH excluding ortho intramolecular Hbond substituents is 1. The minimum Gasteiger partial charge on any atom is -0.508 e. The maximum absolute atomic E-state index is 12.3. The molecule has 434 valence electrons. The second-order valence-electron chi connectivity index (χ2n) is 21.6. The Balaban J connectivity index is 0.000000545. The van der Waals surface area contributed by atoms with Gasteiger partial charge in [-0.15, -0.1) is 0 Å². The van der Waals surface area contributed by atoms with Gasteiger partial charge in [0.05, 0.1) is 11.1 Å². The van der Waals surface area contributed by atoms with Gasteiger partial charge in [0, 0.05) is 22.7 Å². The lowest BCUT2D eigenvalue weighted by Gasteiger charge is -2.17. The zero-order valence-electron chi connectivity index (χ0n) is 49.7. The molecule has 0 aromatic heterocycles. The van der Waals surface area contributed by atoms with Gasteiger partial charge in [-0.05, 0) is 202 Å². The number of hydrogen-bond donors (Lipinski definition) is 1. The van der Waals surface area contributed by atoms with Crippen molar-refractivity contribution < 1.29 is 52.8 Å². The quantitative estimate of drug-likeness (QED) is 0.0261. The Morgan fingerprint density at radius 3 is 1.06 bits per heavy atom. The highest BCUT2D eigenvalue weighted by molar-refractivity contribution is 9.10. The highest BCUT2D eigenvalue weighted by atomic mass is 79.9. The molecule has 0 amide bonds. The molecule has 0 heterocycles. The standard InChI is InChI=1S/C25H30O4.C18H19BrO2.C11H16O.2C7H12O2/c1-5-6-7-8-19-11-16-22(17-12-19)28-24(27)21-14-9-20(10-15-21)13-18-23(26)29-25(2,3)4;1-2-3-4-5-14-6-12-17(13-7-14)21-18(20)15-8-10-16(19)11-9-15;1-2-3-4-5-10-6-8-11(12)9-7-10;2*1-5-6(8)9-7(2,3)4/h9-18H,5-8H2,1-4H3;6-13H,2-5H2,1H3;6-9,12H,2-5H2,1H3;2*5H,1H2,2-4H3. The molecular formula is C68H89BrO11. The fraction of sp³-hybridized carbons (Fsp3) is 0.397. The Kier molecular flexibility index (Phi) is 34.2. The third-order valence-corrected chi connectivity index (χ3v) is 11.1. The number of benzene rings is 5. The molecule has 80 heavy (non-hydrogen) atoms. The van der Waals surface area contributed by atoms with Crippen LogP contribution in [0.4, 0.5) is 0 Å². The SMILES string of the molecule is C=CC(=O)OC(C)(C)C.C=CC(=O)OC(C)(C)C.CCCCCc1ccc(O)cc1.CCCCCc1ccc(OC(=O)c2ccc(Br)cc2)cc1.CCCCCc1ccc(OC(=O)c2ccc(C=CC(=O)OC(C)(C)C)cc2)cc1. The molecule has 0 fully saturated rings. The van der Waals surface area contributed by atoms with E-state index in [1.54, 1.807) is 54.6 Å². The van der Waals surface area contributed by atoms with E-state index in [-0.39, 0.29) is 17.9 Å². The topological polar surface area (TPSA) is 152 Å². The van der Waals surface area contributed by atoms with Gasteiger partial charge in [-0.2, -0.15) is 0 Å². The lowest BCUT2D eigenvalue weighted by Crippen LogP contribution is -2.22. The number of rotatable bonds is 20. The fourth-order valence-electron chi connectivity index (χ4n) is 6.68. The van der Waals surface area contributed by atoms with E-state index in [1.807, 2.05) is 135 Å². The molecule has 0 saturated heterocycles. The lowest BCUT2D eigenvalue weighted by molar-refractivity contribution is -0.149. The summed E-state index contributed by atoms with van der Waals surface area (Å²) in [6.45, 7) is 29.5. The molecule has 11 nitrogen and oxygen atoms in total. The molecule has 0 aliphatic heterocycles. The van der Waals surface area contributed by atoms with E-state index in [2.05, 4.69) is 49.9 Å². The molecule has 0 saturated carbocycles. The summed E-state index contributed by atoms with van der Waals surface area (Å²) >= 11 is 3.34. The van der Waals surface area contributed by atoms with Crippen molar-refractivity contribution in [1.82, 2.24) is 0 Å². The predicted octanol–water partition coefficient (Wildman–Crippen LogP) is 17.5.